The van der Waals surface area contributed by atoms with Gasteiger partial charge in [0.25, 0.3) is 5.56 Å². The Morgan fingerprint density at radius 3 is 2.62 bits per heavy atom. The summed E-state index contributed by atoms with van der Waals surface area (Å²) in [6.07, 6.45) is 10.4. The van der Waals surface area contributed by atoms with Gasteiger partial charge in [0.05, 0.1) is 17.2 Å². The zero-order valence-electron chi connectivity index (χ0n) is 15.9. The first-order chi connectivity index (χ1) is 12.6. The quantitative estimate of drug-likeness (QED) is 0.841. The summed E-state index contributed by atoms with van der Waals surface area (Å²) in [7, 11) is 1.92. The molecule has 1 amide bonds. The Bertz CT molecular complexity index is 820. The molecule has 5 heteroatoms. The molecule has 0 saturated heterocycles. The van der Waals surface area contributed by atoms with E-state index in [-0.39, 0.29) is 11.5 Å². The highest BCUT2D eigenvalue weighted by atomic mass is 16.2. The van der Waals surface area contributed by atoms with Crippen LogP contribution in [-0.4, -0.2) is 33.4 Å². The second-order valence-corrected chi connectivity index (χ2v) is 7.47. The minimum Gasteiger partial charge on any atom is -0.343 e. The lowest BCUT2D eigenvalue weighted by molar-refractivity contribution is -0.132. The van der Waals surface area contributed by atoms with Crippen molar-refractivity contribution >= 4 is 16.8 Å². The van der Waals surface area contributed by atoms with Crippen molar-refractivity contribution in [3.63, 3.8) is 0 Å². The van der Waals surface area contributed by atoms with E-state index in [1.165, 1.54) is 32.1 Å². The van der Waals surface area contributed by atoms with E-state index in [0.717, 1.165) is 23.9 Å². The van der Waals surface area contributed by atoms with Crippen LogP contribution in [0.15, 0.2) is 29.3 Å². The van der Waals surface area contributed by atoms with Gasteiger partial charge < -0.3 is 4.90 Å². The van der Waals surface area contributed by atoms with Crippen LogP contribution in [0.1, 0.15) is 56.9 Å². The summed E-state index contributed by atoms with van der Waals surface area (Å²) in [5.41, 5.74) is 1.67. The molecule has 0 unspecified atom stereocenters. The first kappa shape index (κ1) is 18.6. The first-order valence-electron chi connectivity index (χ1n) is 9.78. The second-order valence-electron chi connectivity index (χ2n) is 7.47. The predicted molar refractivity (Wildman–Crippen MR) is 104 cm³/mol. The van der Waals surface area contributed by atoms with Crippen LogP contribution in [0, 0.1) is 6.92 Å². The first-order valence-corrected chi connectivity index (χ1v) is 9.78. The molecule has 1 fully saturated rings. The van der Waals surface area contributed by atoms with Gasteiger partial charge in [-0.2, -0.15) is 0 Å². The van der Waals surface area contributed by atoms with E-state index in [1.54, 1.807) is 17.0 Å². The number of nitrogens with zero attached hydrogens (tertiary/aromatic N) is 3. The van der Waals surface area contributed by atoms with Gasteiger partial charge in [-0.1, -0.05) is 44.2 Å². The number of hydrogen-bond donors (Lipinski definition) is 0. The Hall–Kier alpha value is -2.17. The highest BCUT2D eigenvalue weighted by Crippen LogP contribution is 2.21. The summed E-state index contributed by atoms with van der Waals surface area (Å²) < 4.78 is 1.56. The van der Waals surface area contributed by atoms with Gasteiger partial charge in [0.15, 0.2) is 0 Å². The van der Waals surface area contributed by atoms with Gasteiger partial charge in [0.2, 0.25) is 5.91 Å². The maximum Gasteiger partial charge on any atom is 0.261 e. The molecule has 1 heterocycles. The highest BCUT2D eigenvalue weighted by molar-refractivity contribution is 5.80. The molecule has 5 nitrogen and oxygen atoms in total. The van der Waals surface area contributed by atoms with E-state index in [0.29, 0.717) is 24.4 Å². The number of fused-ring (bicyclic) bond motifs is 1. The largest absolute Gasteiger partial charge is 0.343 e. The molecule has 0 radical (unpaired) electrons. The molecule has 0 bridgehead atoms. The van der Waals surface area contributed by atoms with Crippen LogP contribution >= 0.6 is 0 Å². The minimum atomic E-state index is -0.0693. The molecule has 0 atom stereocenters. The standard InChI is InChI=1S/C21H29N3O2/c1-16-9-8-12-18-20(16)22-15-24(21(18)26)14-13-19(25)23(2)17-10-6-4-3-5-7-11-17/h8-9,12,15,17H,3-7,10-11,13-14H2,1-2H3. The average Bonchev–Trinajstić information content (AvgIpc) is 2.61. The summed E-state index contributed by atoms with van der Waals surface area (Å²) in [5, 5.41) is 0.619. The Morgan fingerprint density at radius 2 is 1.88 bits per heavy atom. The van der Waals surface area contributed by atoms with Crippen molar-refractivity contribution < 1.29 is 4.79 Å². The number of carbonyl (C=O) groups excluding carboxylic acids is 1. The van der Waals surface area contributed by atoms with E-state index in [2.05, 4.69) is 4.98 Å². The van der Waals surface area contributed by atoms with Crippen molar-refractivity contribution in [2.45, 2.75) is 70.9 Å². The number of amides is 1. The topological polar surface area (TPSA) is 55.2 Å². The fraction of sp³-hybridized carbons (Fsp3) is 0.571. The summed E-state index contributed by atoms with van der Waals surface area (Å²) in [4.78, 5) is 31.6. The Kier molecular flexibility index (Phi) is 6.07. The lowest BCUT2D eigenvalue weighted by Gasteiger charge is -2.30. The maximum absolute atomic E-state index is 12.6. The summed E-state index contributed by atoms with van der Waals surface area (Å²) in [6.45, 7) is 2.33. The fourth-order valence-corrected chi connectivity index (χ4v) is 3.91. The van der Waals surface area contributed by atoms with E-state index in [9.17, 15) is 9.59 Å². The number of aryl methyl sites for hydroxylation is 2. The number of hydrogen-bond acceptors (Lipinski definition) is 3. The van der Waals surface area contributed by atoms with Crippen molar-refractivity contribution in [3.05, 3.63) is 40.4 Å². The van der Waals surface area contributed by atoms with Gasteiger partial charge in [-0.15, -0.1) is 0 Å². The molecule has 1 aliphatic carbocycles. The van der Waals surface area contributed by atoms with Crippen molar-refractivity contribution in [1.82, 2.24) is 14.5 Å². The third kappa shape index (κ3) is 4.14. The molecule has 26 heavy (non-hydrogen) atoms. The number of para-hydroxylation sites is 1. The minimum absolute atomic E-state index is 0.0693. The molecule has 0 spiro atoms. The van der Waals surface area contributed by atoms with Gasteiger partial charge in [-0.3, -0.25) is 14.2 Å². The van der Waals surface area contributed by atoms with Crippen molar-refractivity contribution in [3.8, 4) is 0 Å². The van der Waals surface area contributed by atoms with Gasteiger partial charge in [-0.05, 0) is 31.4 Å². The molecule has 1 saturated carbocycles. The van der Waals surface area contributed by atoms with Crippen LogP contribution in [0.3, 0.4) is 0 Å². The lowest BCUT2D eigenvalue weighted by atomic mass is 9.95. The van der Waals surface area contributed by atoms with Gasteiger partial charge >= 0.3 is 0 Å². The van der Waals surface area contributed by atoms with Crippen LogP contribution < -0.4 is 5.56 Å². The number of rotatable bonds is 4. The van der Waals surface area contributed by atoms with Crippen molar-refractivity contribution in [2.75, 3.05) is 7.05 Å². The number of carbonyl (C=O) groups is 1. The third-order valence-corrected chi connectivity index (χ3v) is 5.64. The van der Waals surface area contributed by atoms with Gasteiger partial charge in [-0.25, -0.2) is 4.98 Å². The maximum atomic E-state index is 12.6. The Labute approximate surface area is 155 Å². The average molecular weight is 355 g/mol. The van der Waals surface area contributed by atoms with Gasteiger partial charge in [0.1, 0.15) is 0 Å². The smallest absolute Gasteiger partial charge is 0.261 e. The second kappa shape index (κ2) is 8.47. The molecular weight excluding hydrogens is 326 g/mol. The lowest BCUT2D eigenvalue weighted by Crippen LogP contribution is -2.38. The summed E-state index contributed by atoms with van der Waals surface area (Å²) in [5.74, 6) is 0.117. The third-order valence-electron chi connectivity index (χ3n) is 5.64. The number of aromatic nitrogens is 2. The zero-order chi connectivity index (χ0) is 18.5. The summed E-state index contributed by atoms with van der Waals surface area (Å²) in [6, 6.07) is 5.97. The van der Waals surface area contributed by atoms with E-state index >= 15 is 0 Å². The molecule has 140 valence electrons. The molecular formula is C21H29N3O2. The zero-order valence-corrected chi connectivity index (χ0v) is 15.9. The fourth-order valence-electron chi connectivity index (χ4n) is 3.91. The predicted octanol–water partition coefficient (Wildman–Crippen LogP) is 3.67. The highest BCUT2D eigenvalue weighted by Gasteiger charge is 2.20. The molecule has 1 aromatic carbocycles. The van der Waals surface area contributed by atoms with Crippen LogP contribution in [0.4, 0.5) is 0 Å². The van der Waals surface area contributed by atoms with E-state index in [4.69, 9.17) is 0 Å². The molecule has 3 rings (SSSR count). The normalized spacial score (nSPS) is 16.2. The number of benzene rings is 1. The van der Waals surface area contributed by atoms with Crippen molar-refractivity contribution in [2.24, 2.45) is 0 Å². The summed E-state index contributed by atoms with van der Waals surface area (Å²) >= 11 is 0. The monoisotopic (exact) mass is 355 g/mol. The molecule has 1 aromatic heterocycles. The van der Waals surface area contributed by atoms with Crippen LogP contribution in [0.5, 0.6) is 0 Å². The van der Waals surface area contributed by atoms with E-state index < -0.39 is 0 Å². The molecule has 2 aromatic rings. The molecule has 0 aliphatic heterocycles. The van der Waals surface area contributed by atoms with E-state index in [1.807, 2.05) is 31.0 Å². The van der Waals surface area contributed by atoms with Crippen LogP contribution in [0.25, 0.3) is 10.9 Å². The SMILES string of the molecule is Cc1cccc2c(=O)n(CCC(=O)N(C)C3CCCCCCC3)cnc12. The van der Waals surface area contributed by atoms with Crippen molar-refractivity contribution in [1.29, 1.82) is 0 Å². The van der Waals surface area contributed by atoms with Gasteiger partial charge in [0, 0.05) is 26.1 Å². The Morgan fingerprint density at radius 1 is 1.19 bits per heavy atom. The van der Waals surface area contributed by atoms with Crippen LogP contribution in [-0.2, 0) is 11.3 Å². The molecule has 1 aliphatic rings. The Balaban J connectivity index is 1.66. The molecule has 0 N–H and O–H groups in total. The van der Waals surface area contributed by atoms with Crippen LogP contribution in [0.2, 0.25) is 0 Å².